The Morgan fingerprint density at radius 1 is 0.625 bits per heavy atom. The van der Waals surface area contributed by atoms with Gasteiger partial charge < -0.3 is 0 Å². The van der Waals surface area contributed by atoms with E-state index in [-0.39, 0.29) is 0 Å². The lowest BCUT2D eigenvalue weighted by Gasteiger charge is -1.95. The summed E-state index contributed by atoms with van der Waals surface area (Å²) in [6, 6.07) is 18.4. The average Bonchev–Trinajstić information content (AvgIpc) is 2.38. The average molecular weight is 205 g/mol. The molecule has 1 radical (unpaired) electrons. The number of benzene rings is 2. The summed E-state index contributed by atoms with van der Waals surface area (Å²) in [6.45, 7) is 5.42. The van der Waals surface area contributed by atoms with Gasteiger partial charge in [-0.05, 0) is 16.7 Å². The van der Waals surface area contributed by atoms with E-state index in [1.54, 1.807) is 6.08 Å². The molecule has 0 saturated carbocycles. The molecular weight excluding hydrogens is 192 g/mol. The summed E-state index contributed by atoms with van der Waals surface area (Å²) in [5.41, 5.74) is 3.42. The molecule has 0 N–H and O–H groups in total. The minimum atomic E-state index is 1.04. The smallest absolute Gasteiger partial charge is 0.0256 e. The minimum absolute atomic E-state index is 1.04. The van der Waals surface area contributed by atoms with Gasteiger partial charge in [-0.2, -0.15) is 0 Å². The summed E-state index contributed by atoms with van der Waals surface area (Å²) in [5.74, 6) is 0. The molecule has 0 unspecified atom stereocenters. The highest BCUT2D eigenvalue weighted by molar-refractivity contribution is 5.70. The molecule has 2 aromatic rings. The van der Waals surface area contributed by atoms with Gasteiger partial charge in [0.25, 0.3) is 0 Å². The van der Waals surface area contributed by atoms with Gasteiger partial charge in [-0.25, -0.2) is 0 Å². The molecule has 0 spiro atoms. The molecule has 0 aliphatic carbocycles. The van der Waals surface area contributed by atoms with Crippen LogP contribution in [0.15, 0.2) is 54.6 Å². The van der Waals surface area contributed by atoms with Gasteiger partial charge in [0.2, 0.25) is 0 Å². The first kappa shape index (κ1) is 10.4. The van der Waals surface area contributed by atoms with Crippen molar-refractivity contribution in [3.05, 3.63) is 77.9 Å². The molecule has 0 saturated heterocycles. The molecule has 0 amide bonds. The largest absolute Gasteiger partial charge is 0.0622 e. The Bertz CT molecular complexity index is 475. The Kier molecular flexibility index (Phi) is 3.35. The zero-order chi connectivity index (χ0) is 11.2. The molecule has 0 atom stereocenters. The lowest BCUT2D eigenvalue weighted by molar-refractivity contribution is 1.62. The molecule has 0 heteroatoms. The molecule has 0 aliphatic heterocycles. The topological polar surface area (TPSA) is 0 Å². The van der Waals surface area contributed by atoms with E-state index < -0.39 is 0 Å². The fourth-order valence-electron chi connectivity index (χ4n) is 1.47. The van der Waals surface area contributed by atoms with Crippen molar-refractivity contribution in [2.45, 2.75) is 0 Å². The number of hydrogen-bond acceptors (Lipinski definition) is 0. The van der Waals surface area contributed by atoms with Crippen molar-refractivity contribution in [3.8, 4) is 0 Å². The van der Waals surface area contributed by atoms with Crippen LogP contribution in [0, 0.1) is 6.58 Å². The lowest BCUT2D eigenvalue weighted by atomic mass is 10.1. The first-order valence-electron chi connectivity index (χ1n) is 5.26. The quantitative estimate of drug-likeness (QED) is 0.655. The van der Waals surface area contributed by atoms with Crippen LogP contribution in [0.2, 0.25) is 0 Å². The molecule has 0 bridgehead atoms. The molecule has 77 valence electrons. The van der Waals surface area contributed by atoms with E-state index in [2.05, 4.69) is 36.4 Å². The third kappa shape index (κ3) is 2.71. The van der Waals surface area contributed by atoms with Crippen LogP contribution in [-0.4, -0.2) is 0 Å². The van der Waals surface area contributed by atoms with Crippen LogP contribution in [0.1, 0.15) is 16.7 Å². The zero-order valence-corrected chi connectivity index (χ0v) is 9.01. The molecule has 0 heterocycles. The van der Waals surface area contributed by atoms with Crippen molar-refractivity contribution in [2.24, 2.45) is 0 Å². The van der Waals surface area contributed by atoms with Crippen LogP contribution in [0.5, 0.6) is 0 Å². The third-order valence-electron chi connectivity index (χ3n) is 2.40. The van der Waals surface area contributed by atoms with E-state index in [0.717, 1.165) is 5.56 Å². The number of hydrogen-bond donors (Lipinski definition) is 0. The molecule has 0 nitrogen and oxygen atoms in total. The molecular formula is C16H13. The molecule has 2 rings (SSSR count). The van der Waals surface area contributed by atoms with E-state index in [0.29, 0.717) is 0 Å². The predicted octanol–water partition coefficient (Wildman–Crippen LogP) is 4.30. The van der Waals surface area contributed by atoms with Gasteiger partial charge in [-0.1, -0.05) is 79.4 Å². The maximum Gasteiger partial charge on any atom is -0.0256 e. The fraction of sp³-hybridized carbons (Fsp3) is 0. The predicted molar refractivity (Wildman–Crippen MR) is 70.6 cm³/mol. The summed E-state index contributed by atoms with van der Waals surface area (Å²) >= 11 is 0. The highest BCUT2D eigenvalue weighted by atomic mass is 13.9. The summed E-state index contributed by atoms with van der Waals surface area (Å²) < 4.78 is 0. The number of rotatable bonds is 3. The second-order valence-electron chi connectivity index (χ2n) is 3.58. The van der Waals surface area contributed by atoms with Crippen molar-refractivity contribution in [3.63, 3.8) is 0 Å². The van der Waals surface area contributed by atoms with Gasteiger partial charge in [0.1, 0.15) is 0 Å². The monoisotopic (exact) mass is 205 g/mol. The van der Waals surface area contributed by atoms with Crippen LogP contribution < -0.4 is 0 Å². The molecule has 2 aromatic carbocycles. The molecule has 0 aliphatic rings. The summed E-state index contributed by atoms with van der Waals surface area (Å²) in [5, 5.41) is 0. The Morgan fingerprint density at radius 2 is 1.12 bits per heavy atom. The van der Waals surface area contributed by atoms with E-state index >= 15 is 0 Å². The summed E-state index contributed by atoms with van der Waals surface area (Å²) in [7, 11) is 0. The zero-order valence-electron chi connectivity index (χ0n) is 9.01. The lowest BCUT2D eigenvalue weighted by Crippen LogP contribution is -1.74. The van der Waals surface area contributed by atoms with Crippen molar-refractivity contribution < 1.29 is 0 Å². The van der Waals surface area contributed by atoms with E-state index in [4.69, 9.17) is 6.58 Å². The third-order valence-corrected chi connectivity index (χ3v) is 2.40. The molecule has 16 heavy (non-hydrogen) atoms. The van der Waals surface area contributed by atoms with Crippen LogP contribution in [0.25, 0.3) is 18.2 Å². The van der Waals surface area contributed by atoms with Gasteiger partial charge in [0.05, 0.1) is 0 Å². The van der Waals surface area contributed by atoms with Gasteiger partial charge >= 0.3 is 0 Å². The Balaban J connectivity index is 2.14. The van der Waals surface area contributed by atoms with Gasteiger partial charge in [0, 0.05) is 0 Å². The Morgan fingerprint density at radius 3 is 1.69 bits per heavy atom. The first-order chi connectivity index (χ1) is 7.88. The Labute approximate surface area is 96.6 Å². The van der Waals surface area contributed by atoms with E-state index in [1.165, 1.54) is 11.1 Å². The highest BCUT2D eigenvalue weighted by Crippen LogP contribution is 2.10. The second kappa shape index (κ2) is 5.13. The van der Waals surface area contributed by atoms with Crippen LogP contribution >= 0.6 is 0 Å². The van der Waals surface area contributed by atoms with Crippen LogP contribution in [0.3, 0.4) is 0 Å². The van der Waals surface area contributed by atoms with Crippen molar-refractivity contribution in [2.75, 3.05) is 0 Å². The van der Waals surface area contributed by atoms with E-state index in [1.807, 2.05) is 30.3 Å². The standard InChI is InChI=1S/C16H13/c1-2-14-8-10-16(11-9-14)13-12-15-6-4-3-5-7-15/h1-13H. The molecule has 0 aromatic heterocycles. The van der Waals surface area contributed by atoms with Gasteiger partial charge in [-0.3, -0.25) is 0 Å². The highest BCUT2D eigenvalue weighted by Gasteiger charge is 1.88. The van der Waals surface area contributed by atoms with Crippen molar-refractivity contribution in [1.82, 2.24) is 0 Å². The maximum absolute atomic E-state index is 5.42. The SMILES string of the molecule is [CH]=Cc1ccc(C=Cc2ccccc2)cc1. The maximum atomic E-state index is 5.42. The normalized spacial score (nSPS) is 10.5. The Hall–Kier alpha value is -2.08. The van der Waals surface area contributed by atoms with Crippen molar-refractivity contribution in [1.29, 1.82) is 0 Å². The van der Waals surface area contributed by atoms with E-state index in [9.17, 15) is 0 Å². The van der Waals surface area contributed by atoms with Crippen LogP contribution in [0.4, 0.5) is 0 Å². The van der Waals surface area contributed by atoms with Crippen LogP contribution in [-0.2, 0) is 0 Å². The second-order valence-corrected chi connectivity index (χ2v) is 3.58. The molecule has 0 fully saturated rings. The fourth-order valence-corrected chi connectivity index (χ4v) is 1.47. The van der Waals surface area contributed by atoms with Gasteiger partial charge in [0.15, 0.2) is 0 Å². The summed E-state index contributed by atoms with van der Waals surface area (Å²) in [6.07, 6.45) is 5.79. The first-order valence-corrected chi connectivity index (χ1v) is 5.26. The van der Waals surface area contributed by atoms with Crippen molar-refractivity contribution >= 4 is 18.2 Å². The minimum Gasteiger partial charge on any atom is -0.0622 e. The summed E-state index contributed by atoms with van der Waals surface area (Å²) in [4.78, 5) is 0. The van der Waals surface area contributed by atoms with Gasteiger partial charge in [-0.15, -0.1) is 0 Å².